The van der Waals surface area contributed by atoms with E-state index in [9.17, 15) is 24.0 Å². The first-order valence-corrected chi connectivity index (χ1v) is 9.70. The average Bonchev–Trinajstić information content (AvgIpc) is 2.96. The van der Waals surface area contributed by atoms with Crippen LogP contribution >= 0.6 is 0 Å². The summed E-state index contributed by atoms with van der Waals surface area (Å²) in [5, 5.41) is 5.77. The van der Waals surface area contributed by atoms with Crippen molar-refractivity contribution in [1.82, 2.24) is 25.5 Å². The number of likely N-dealkylation sites (N-methyl/N-ethyl adjacent to an activating group) is 2. The zero-order valence-electron chi connectivity index (χ0n) is 17.1. The molecule has 0 spiro atoms. The number of carbonyl (C=O) groups is 5. The van der Waals surface area contributed by atoms with Crippen LogP contribution in [-0.2, 0) is 28.8 Å². The summed E-state index contributed by atoms with van der Waals surface area (Å²) in [4.78, 5) is 67.4. The maximum absolute atomic E-state index is 12.3. The van der Waals surface area contributed by atoms with Crippen molar-refractivity contribution in [3.8, 4) is 0 Å². The predicted molar refractivity (Wildman–Crippen MR) is 101 cm³/mol. The van der Waals surface area contributed by atoms with Gasteiger partial charge in [-0.25, -0.2) is 4.79 Å². The first-order chi connectivity index (χ1) is 13.7. The van der Waals surface area contributed by atoms with Crippen LogP contribution in [0.2, 0.25) is 0 Å². The lowest BCUT2D eigenvalue weighted by Gasteiger charge is -2.41. The third kappa shape index (κ3) is 6.50. The Morgan fingerprint density at radius 3 is 2.24 bits per heavy atom. The lowest BCUT2D eigenvalue weighted by molar-refractivity contribution is -0.197. The molecular weight excluding hydrogens is 391 g/mol. The molecule has 2 heterocycles. The molecule has 2 unspecified atom stereocenters. The Balaban J connectivity index is 1.60. The number of rotatable bonds is 8. The van der Waals surface area contributed by atoms with Gasteiger partial charge < -0.3 is 20.4 Å². The van der Waals surface area contributed by atoms with Gasteiger partial charge in [-0.05, 0) is 21.0 Å². The number of carbonyl (C=O) groups excluding carboxylic acids is 5. The van der Waals surface area contributed by atoms with Crippen LogP contribution in [0.25, 0.3) is 0 Å². The van der Waals surface area contributed by atoms with Crippen molar-refractivity contribution in [3.05, 3.63) is 0 Å². The highest BCUT2D eigenvalue weighted by Gasteiger charge is 2.33. The average molecular weight is 420 g/mol. The van der Waals surface area contributed by atoms with Gasteiger partial charge in [0.15, 0.2) is 0 Å². The predicted octanol–water partition coefficient (Wildman–Crippen LogP) is -1.76. The van der Waals surface area contributed by atoms with E-state index in [4.69, 9.17) is 4.84 Å². The minimum Gasteiger partial charge on any atom is -0.355 e. The molecule has 2 N–H and O–H groups in total. The molecule has 2 aliphatic heterocycles. The first-order valence-electron chi connectivity index (χ1n) is 9.70. The van der Waals surface area contributed by atoms with Gasteiger partial charge in [0.2, 0.25) is 11.8 Å². The number of hydrogen-bond donors (Lipinski definition) is 2. The third-order valence-electron chi connectivity index (χ3n) is 5.10. The van der Waals surface area contributed by atoms with Gasteiger partial charge in [-0.15, -0.1) is 5.06 Å². The molecule has 162 valence electrons. The van der Waals surface area contributed by atoms with Gasteiger partial charge >= 0.3 is 5.97 Å². The Morgan fingerprint density at radius 2 is 1.59 bits per heavy atom. The van der Waals surface area contributed by atoms with E-state index in [0.29, 0.717) is 17.6 Å². The lowest BCUT2D eigenvalue weighted by Crippen LogP contribution is -2.59. The van der Waals surface area contributed by atoms with Gasteiger partial charge in [-0.2, -0.15) is 0 Å². The van der Waals surface area contributed by atoms with Gasteiger partial charge in [-0.1, -0.05) is 0 Å². The van der Waals surface area contributed by atoms with Crippen molar-refractivity contribution in [2.45, 2.75) is 44.7 Å². The molecule has 11 nitrogen and oxygen atoms in total. The topological polar surface area (TPSA) is 128 Å². The monoisotopic (exact) mass is 420 g/mol. The summed E-state index contributed by atoms with van der Waals surface area (Å²) in [6.07, 6.45) is -0.0415. The van der Waals surface area contributed by atoms with Crippen LogP contribution in [-0.4, -0.2) is 96.8 Å². The lowest BCUT2D eigenvalue weighted by atomic mass is 10.2. The third-order valence-corrected chi connectivity index (χ3v) is 5.10. The van der Waals surface area contributed by atoms with Crippen LogP contribution < -0.4 is 10.6 Å². The maximum atomic E-state index is 12.3. The Labute approximate surface area is 169 Å². The molecular formula is C18H29N5O6. The summed E-state index contributed by atoms with van der Waals surface area (Å²) in [6, 6.07) is 0.119. The molecule has 29 heavy (non-hydrogen) atoms. The molecule has 0 aromatic rings. The van der Waals surface area contributed by atoms with Gasteiger partial charge in [-0.3, -0.25) is 24.1 Å². The Bertz CT molecular complexity index is 653. The second-order valence-electron chi connectivity index (χ2n) is 7.43. The van der Waals surface area contributed by atoms with Crippen molar-refractivity contribution >= 4 is 29.6 Å². The van der Waals surface area contributed by atoms with E-state index in [-0.39, 0.29) is 56.6 Å². The van der Waals surface area contributed by atoms with E-state index in [1.807, 2.05) is 19.0 Å². The molecule has 4 amide bonds. The zero-order chi connectivity index (χ0) is 21.6. The van der Waals surface area contributed by atoms with E-state index in [1.165, 1.54) is 0 Å². The van der Waals surface area contributed by atoms with Crippen LogP contribution in [0, 0.1) is 0 Å². The van der Waals surface area contributed by atoms with Gasteiger partial charge in [0.05, 0.1) is 6.42 Å². The zero-order valence-corrected chi connectivity index (χ0v) is 17.1. The summed E-state index contributed by atoms with van der Waals surface area (Å²) in [5.41, 5.74) is 0. The summed E-state index contributed by atoms with van der Waals surface area (Å²) in [7, 11) is 3.88. The van der Waals surface area contributed by atoms with Crippen molar-refractivity contribution in [2.75, 3.05) is 40.3 Å². The highest BCUT2D eigenvalue weighted by molar-refractivity contribution is 6.01. The van der Waals surface area contributed by atoms with Crippen molar-refractivity contribution < 1.29 is 28.8 Å². The molecule has 2 rings (SSSR count). The number of nitrogens with one attached hydrogen (secondary N) is 2. The summed E-state index contributed by atoms with van der Waals surface area (Å²) >= 11 is 0. The van der Waals surface area contributed by atoms with Crippen molar-refractivity contribution in [3.63, 3.8) is 0 Å². The number of piperazine rings is 1. The first kappa shape index (κ1) is 22.8. The standard InChI is InChI=1S/C18H29N5O6/c1-12-10-22(3)13(11-21(12)2)18(28)20-8-6-14(24)19-9-7-17(27)29-23-15(25)4-5-16(23)26/h12-13H,4-11H2,1-3H3,(H,19,24)(H,20,28)/i1+1,2+1,3+1,7+1,10+1,12+1,17+1,19+1,21+1. The van der Waals surface area contributed by atoms with Crippen LogP contribution in [0.5, 0.6) is 0 Å². The molecule has 2 saturated heterocycles. The molecule has 0 aromatic heterocycles. The number of amides is 4. The van der Waals surface area contributed by atoms with E-state index < -0.39 is 17.8 Å². The summed E-state index contributed by atoms with van der Waals surface area (Å²) in [6.45, 7) is 3.72. The van der Waals surface area contributed by atoms with Gasteiger partial charge in [0, 0.05) is 51.5 Å². The Hall–Kier alpha value is -2.53. The highest BCUT2D eigenvalue weighted by Crippen LogP contribution is 2.13. The second kappa shape index (κ2) is 10.3. The number of imide groups is 1. The van der Waals surface area contributed by atoms with Crippen LogP contribution in [0.3, 0.4) is 0 Å². The van der Waals surface area contributed by atoms with Crippen LogP contribution in [0.4, 0.5) is 0 Å². The van der Waals surface area contributed by atoms with E-state index in [2.05, 4.69) is 22.5 Å². The highest BCUT2D eigenvalue weighted by atomic mass is 16.8. The smallest absolute Gasteiger partial charge is 0.334 e. The Kier molecular flexibility index (Phi) is 8.09. The largest absolute Gasteiger partial charge is 0.355 e. The van der Waals surface area contributed by atoms with Crippen LogP contribution in [0.1, 0.15) is 32.6 Å². The molecule has 2 aliphatic rings. The van der Waals surface area contributed by atoms with Crippen molar-refractivity contribution in [1.29, 1.82) is 0 Å². The quantitative estimate of drug-likeness (QED) is 0.269. The molecule has 0 aromatic carbocycles. The molecule has 0 saturated carbocycles. The van der Waals surface area contributed by atoms with E-state index >= 15 is 0 Å². The molecule has 0 bridgehead atoms. The minimum atomic E-state index is -0.777. The van der Waals surface area contributed by atoms with Gasteiger partial charge in [0.1, 0.15) is 6.04 Å². The Morgan fingerprint density at radius 1 is 0.966 bits per heavy atom. The van der Waals surface area contributed by atoms with Crippen molar-refractivity contribution in [2.24, 2.45) is 0 Å². The SMILES string of the molecule is [13CH3][13CH]1[13CH2]N([13CH3])C(C(=O)NCCC(=O)[15NH]C[13CH2][13C](=O)ON2C(=O)CCC2=O)C[15N]1[13CH3]. The fourth-order valence-corrected chi connectivity index (χ4v) is 3.17. The van der Waals surface area contributed by atoms with Gasteiger partial charge in [0.25, 0.3) is 11.8 Å². The molecule has 11 heteroatoms. The summed E-state index contributed by atoms with van der Waals surface area (Å²) in [5.74, 6) is -2.32. The fourth-order valence-electron chi connectivity index (χ4n) is 3.17. The van der Waals surface area contributed by atoms with Crippen LogP contribution in [0.15, 0.2) is 0 Å². The number of hydroxylamine groups is 2. The number of nitrogens with zero attached hydrogens (tertiary/aromatic N) is 3. The maximum Gasteiger partial charge on any atom is 0.334 e. The molecule has 0 aliphatic carbocycles. The number of hydrogen-bond acceptors (Lipinski definition) is 8. The fraction of sp³-hybridized carbons (Fsp3) is 0.722. The second-order valence-corrected chi connectivity index (χ2v) is 7.43. The van der Waals surface area contributed by atoms with E-state index in [1.54, 1.807) is 0 Å². The molecule has 0 radical (unpaired) electrons. The molecule has 2 atom stereocenters. The molecule has 2 fully saturated rings. The summed E-state index contributed by atoms with van der Waals surface area (Å²) < 4.78 is 0. The minimum absolute atomic E-state index is 0.00980. The normalized spacial score (nSPS) is 23.2. The van der Waals surface area contributed by atoms with E-state index in [0.717, 1.165) is 6.54 Å².